The Labute approximate surface area is 120 Å². The lowest BCUT2D eigenvalue weighted by Crippen LogP contribution is -2.16. The highest BCUT2D eigenvalue weighted by atomic mass is 31.1. The van der Waals surface area contributed by atoms with E-state index in [1.807, 2.05) is 0 Å². The van der Waals surface area contributed by atoms with Gasteiger partial charge in [0.25, 0.3) is 5.56 Å². The molecule has 0 aromatic carbocycles. The second kappa shape index (κ2) is 5.51. The molecule has 0 saturated carbocycles. The number of imidazole rings is 1. The number of nitrogen functional groups attached to an aromatic ring is 1. The number of nitrogens with two attached hydrogens (primary N) is 1. The summed E-state index contributed by atoms with van der Waals surface area (Å²) < 4.78 is 23.5. The fourth-order valence-corrected chi connectivity index (χ4v) is 2.73. The Bertz CT molecular complexity index is 742. The molecule has 1 aliphatic rings. The Balaban J connectivity index is 1.82. The van der Waals surface area contributed by atoms with Crippen LogP contribution in [0.15, 0.2) is 11.1 Å². The Morgan fingerprint density at radius 2 is 2.43 bits per heavy atom. The van der Waals surface area contributed by atoms with Crippen LogP contribution in [0, 0.1) is 0 Å². The van der Waals surface area contributed by atoms with Gasteiger partial charge in [0.05, 0.1) is 12.4 Å². The molecule has 0 bridgehead atoms. The zero-order chi connectivity index (χ0) is 15.0. The molecule has 2 aromatic rings. The van der Waals surface area contributed by atoms with Gasteiger partial charge in [-0.2, -0.15) is 4.98 Å². The van der Waals surface area contributed by atoms with Gasteiger partial charge in [-0.15, -0.1) is 4.52 Å². The molecule has 1 fully saturated rings. The van der Waals surface area contributed by atoms with E-state index in [9.17, 15) is 9.36 Å². The SMILES string of the molecule is C[P+](=O)OC[C@@H]1CC[C@H](n2cnc3c(=O)[nH]c(N)nc32)O1. The second-order valence-electron chi connectivity index (χ2n) is 4.80. The van der Waals surface area contributed by atoms with Gasteiger partial charge >= 0.3 is 8.03 Å². The molecule has 1 unspecified atom stereocenters. The minimum absolute atomic E-state index is 0.0371. The van der Waals surface area contributed by atoms with Crippen LogP contribution in [0.3, 0.4) is 0 Å². The van der Waals surface area contributed by atoms with Gasteiger partial charge in [-0.3, -0.25) is 14.3 Å². The van der Waals surface area contributed by atoms with Crippen LogP contribution in [0.25, 0.3) is 11.2 Å². The summed E-state index contributed by atoms with van der Waals surface area (Å²) in [7, 11) is -1.64. The largest absolute Gasteiger partial charge is 0.504 e. The Morgan fingerprint density at radius 1 is 1.62 bits per heavy atom. The third kappa shape index (κ3) is 2.80. The summed E-state index contributed by atoms with van der Waals surface area (Å²) in [6.45, 7) is 1.79. The zero-order valence-electron chi connectivity index (χ0n) is 11.4. The van der Waals surface area contributed by atoms with E-state index in [1.54, 1.807) is 4.57 Å². The van der Waals surface area contributed by atoms with Gasteiger partial charge in [-0.25, -0.2) is 4.98 Å². The highest BCUT2D eigenvalue weighted by Crippen LogP contribution is 2.31. The number of rotatable bonds is 4. The summed E-state index contributed by atoms with van der Waals surface area (Å²) in [5, 5.41) is 0. The van der Waals surface area contributed by atoms with Gasteiger partial charge in [-0.1, -0.05) is 0 Å². The van der Waals surface area contributed by atoms with Crippen LogP contribution in [0.4, 0.5) is 5.95 Å². The molecule has 3 heterocycles. The highest BCUT2D eigenvalue weighted by Gasteiger charge is 2.30. The number of H-pyrrole nitrogens is 1. The maximum Gasteiger partial charge on any atom is 0.504 e. The molecule has 1 aliphatic heterocycles. The van der Waals surface area contributed by atoms with Crippen LogP contribution in [0.2, 0.25) is 0 Å². The normalized spacial score (nSPS) is 22.8. The molecule has 112 valence electrons. The van der Waals surface area contributed by atoms with E-state index in [0.29, 0.717) is 5.65 Å². The third-order valence-corrected chi connectivity index (χ3v) is 3.80. The molecule has 0 amide bonds. The molecule has 3 atom stereocenters. The van der Waals surface area contributed by atoms with Crippen molar-refractivity contribution in [2.45, 2.75) is 25.2 Å². The molecule has 10 heteroatoms. The van der Waals surface area contributed by atoms with Gasteiger partial charge in [0.15, 0.2) is 17.8 Å². The van der Waals surface area contributed by atoms with Gasteiger partial charge in [0, 0.05) is 0 Å². The summed E-state index contributed by atoms with van der Waals surface area (Å²) in [6.07, 6.45) is 2.60. The number of nitrogens with zero attached hydrogens (tertiary/aromatic N) is 3. The number of ether oxygens (including phenoxy) is 1. The molecule has 2 aromatic heterocycles. The van der Waals surface area contributed by atoms with Crippen molar-refractivity contribution in [3.63, 3.8) is 0 Å². The van der Waals surface area contributed by atoms with Crippen molar-refractivity contribution in [2.24, 2.45) is 0 Å². The molecule has 21 heavy (non-hydrogen) atoms. The van der Waals surface area contributed by atoms with Crippen LogP contribution in [-0.2, 0) is 13.8 Å². The van der Waals surface area contributed by atoms with Crippen molar-refractivity contribution in [1.29, 1.82) is 0 Å². The summed E-state index contributed by atoms with van der Waals surface area (Å²) in [4.78, 5) is 22.3. The van der Waals surface area contributed by atoms with Gasteiger partial charge in [0.1, 0.15) is 12.8 Å². The molecule has 9 nitrogen and oxygen atoms in total. The number of anilines is 1. The summed E-state index contributed by atoms with van der Waals surface area (Å²) in [5.74, 6) is 0.0371. The molecular weight excluding hydrogens is 297 g/mol. The van der Waals surface area contributed by atoms with E-state index in [4.69, 9.17) is 15.0 Å². The Kier molecular flexibility index (Phi) is 3.71. The quantitative estimate of drug-likeness (QED) is 0.798. The summed E-state index contributed by atoms with van der Waals surface area (Å²) >= 11 is 0. The second-order valence-corrected chi connectivity index (χ2v) is 5.94. The number of hydrogen-bond donors (Lipinski definition) is 2. The molecule has 3 rings (SSSR count). The standard InChI is InChI=1S/C11H14N5O4P/c1-21(18)19-4-6-2-3-7(20-6)16-5-13-8-9(16)14-11(12)15-10(8)17/h5-7H,2-4H2,1H3,(H2-,12,14,15,17)/p+1/t6-,7+/m0/s1. The number of nitrogens with one attached hydrogen (secondary N) is 1. The first kappa shape index (κ1) is 14.1. The van der Waals surface area contributed by atoms with Crippen molar-refractivity contribution in [1.82, 2.24) is 19.5 Å². The average molecular weight is 312 g/mol. The third-order valence-electron chi connectivity index (χ3n) is 3.29. The molecule has 0 aliphatic carbocycles. The van der Waals surface area contributed by atoms with Gasteiger partial charge in [0.2, 0.25) is 5.95 Å². The first-order valence-corrected chi connectivity index (χ1v) is 8.08. The van der Waals surface area contributed by atoms with E-state index >= 15 is 0 Å². The van der Waals surface area contributed by atoms with E-state index < -0.39 is 8.03 Å². The minimum Gasteiger partial charge on any atom is -0.369 e. The topological polar surface area (TPSA) is 125 Å². The van der Waals surface area contributed by atoms with E-state index in [2.05, 4.69) is 15.0 Å². The predicted octanol–water partition coefficient (Wildman–Crippen LogP) is 0.768. The number of hydrogen-bond acceptors (Lipinski definition) is 7. The zero-order valence-corrected chi connectivity index (χ0v) is 12.2. The van der Waals surface area contributed by atoms with Crippen LogP contribution >= 0.6 is 8.03 Å². The Morgan fingerprint density at radius 3 is 3.19 bits per heavy atom. The van der Waals surface area contributed by atoms with E-state index in [1.165, 1.54) is 13.0 Å². The van der Waals surface area contributed by atoms with Crippen molar-refractivity contribution in [2.75, 3.05) is 19.0 Å². The van der Waals surface area contributed by atoms with Crippen molar-refractivity contribution >= 4 is 25.1 Å². The lowest BCUT2D eigenvalue weighted by atomic mass is 10.2. The average Bonchev–Trinajstić information content (AvgIpc) is 3.02. The molecule has 0 spiro atoms. The molecule has 3 N–H and O–H groups in total. The summed E-state index contributed by atoms with van der Waals surface area (Å²) in [6, 6.07) is 0. The van der Waals surface area contributed by atoms with Crippen molar-refractivity contribution in [3.05, 3.63) is 16.7 Å². The first-order chi connectivity index (χ1) is 10.0. The van der Waals surface area contributed by atoms with Gasteiger partial charge in [-0.05, 0) is 17.4 Å². The fraction of sp³-hybridized carbons (Fsp3) is 0.545. The van der Waals surface area contributed by atoms with Crippen molar-refractivity contribution < 1.29 is 13.8 Å². The molecule has 0 radical (unpaired) electrons. The van der Waals surface area contributed by atoms with Crippen LogP contribution in [0.1, 0.15) is 19.1 Å². The smallest absolute Gasteiger partial charge is 0.369 e. The van der Waals surface area contributed by atoms with Crippen LogP contribution < -0.4 is 11.3 Å². The lowest BCUT2D eigenvalue weighted by Gasteiger charge is -2.13. The van der Waals surface area contributed by atoms with E-state index in [-0.39, 0.29) is 36.0 Å². The number of fused-ring (bicyclic) bond motifs is 1. The maximum absolute atomic E-state index is 11.7. The highest BCUT2D eigenvalue weighted by molar-refractivity contribution is 7.38. The number of aromatic amines is 1. The fourth-order valence-electron chi connectivity index (χ4n) is 2.36. The van der Waals surface area contributed by atoms with E-state index in [0.717, 1.165) is 12.8 Å². The maximum atomic E-state index is 11.7. The van der Waals surface area contributed by atoms with Crippen molar-refractivity contribution in [3.8, 4) is 0 Å². The van der Waals surface area contributed by atoms with Crippen LogP contribution in [0.5, 0.6) is 0 Å². The predicted molar refractivity (Wildman–Crippen MR) is 75.2 cm³/mol. The lowest BCUT2D eigenvalue weighted by molar-refractivity contribution is -0.0145. The minimum atomic E-state index is -1.64. The van der Waals surface area contributed by atoms with Crippen LogP contribution in [-0.4, -0.2) is 38.9 Å². The summed E-state index contributed by atoms with van der Waals surface area (Å²) in [5.41, 5.74) is 5.80. The van der Waals surface area contributed by atoms with Gasteiger partial charge < -0.3 is 10.5 Å². The monoisotopic (exact) mass is 312 g/mol. The molecule has 1 saturated heterocycles. The number of aromatic nitrogens is 4. The first-order valence-electron chi connectivity index (χ1n) is 6.46. The molecular formula is C11H15N5O4P+. The Hall–Kier alpha value is -1.83.